The molecule has 26 heavy (non-hydrogen) atoms. The highest BCUT2D eigenvalue weighted by atomic mass is 35.5. The van der Waals surface area contributed by atoms with Crippen LogP contribution in [0.1, 0.15) is 34.5 Å². The molecule has 0 aromatic heterocycles. The molecule has 2 aromatic rings. The van der Waals surface area contributed by atoms with Crippen LogP contribution >= 0.6 is 12.4 Å². The summed E-state index contributed by atoms with van der Waals surface area (Å²) in [5.74, 6) is -0.220. The van der Waals surface area contributed by atoms with Crippen LogP contribution in [0, 0.1) is 6.92 Å². The first kappa shape index (κ1) is 22.0. The standard InChI is InChI=1S/C18H23N3O3S.ClH/c1-12-5-8-15(19)11-17(12)18(22)20-13(2)14-6-9-16(10-7-14)25(23,24)21(3)4;/h5-11,13H,19H2,1-4H3,(H,20,22);1H. The molecular weight excluding hydrogens is 374 g/mol. The first-order chi connectivity index (χ1) is 11.6. The highest BCUT2D eigenvalue weighted by Gasteiger charge is 2.18. The molecule has 0 aliphatic carbocycles. The van der Waals surface area contributed by atoms with Gasteiger partial charge in [-0.1, -0.05) is 18.2 Å². The summed E-state index contributed by atoms with van der Waals surface area (Å²) < 4.78 is 25.3. The molecule has 0 heterocycles. The molecule has 142 valence electrons. The van der Waals surface area contributed by atoms with Gasteiger partial charge in [-0.05, 0) is 49.2 Å². The lowest BCUT2D eigenvalue weighted by atomic mass is 10.1. The Morgan fingerprint density at radius 2 is 1.69 bits per heavy atom. The molecule has 0 radical (unpaired) electrons. The molecule has 0 bridgehead atoms. The largest absolute Gasteiger partial charge is 0.399 e. The Labute approximate surface area is 160 Å². The van der Waals surface area contributed by atoms with Gasteiger partial charge >= 0.3 is 0 Å². The van der Waals surface area contributed by atoms with Gasteiger partial charge in [0.25, 0.3) is 5.91 Å². The number of nitrogens with zero attached hydrogens (tertiary/aromatic N) is 1. The van der Waals surface area contributed by atoms with Gasteiger partial charge in [-0.3, -0.25) is 4.79 Å². The van der Waals surface area contributed by atoms with E-state index in [1.54, 1.807) is 42.5 Å². The van der Waals surface area contributed by atoms with Crippen molar-refractivity contribution in [3.63, 3.8) is 0 Å². The minimum absolute atomic E-state index is 0. The average Bonchev–Trinajstić information content (AvgIpc) is 2.56. The van der Waals surface area contributed by atoms with E-state index >= 15 is 0 Å². The van der Waals surface area contributed by atoms with Gasteiger partial charge in [-0.15, -0.1) is 12.4 Å². The van der Waals surface area contributed by atoms with Crippen LogP contribution in [-0.2, 0) is 10.0 Å². The number of carbonyl (C=O) groups excluding carboxylic acids is 1. The number of amides is 1. The third-order valence-corrected chi connectivity index (χ3v) is 5.84. The summed E-state index contributed by atoms with van der Waals surface area (Å²) in [6.45, 7) is 3.69. The Hall–Kier alpha value is -2.09. The number of hydrogen-bond acceptors (Lipinski definition) is 4. The monoisotopic (exact) mass is 397 g/mol. The highest BCUT2D eigenvalue weighted by molar-refractivity contribution is 7.89. The highest BCUT2D eigenvalue weighted by Crippen LogP contribution is 2.19. The molecule has 0 spiro atoms. The Bertz CT molecular complexity index is 881. The van der Waals surface area contributed by atoms with Gasteiger partial charge in [0.05, 0.1) is 10.9 Å². The van der Waals surface area contributed by atoms with E-state index in [1.807, 2.05) is 13.8 Å². The smallest absolute Gasteiger partial charge is 0.252 e. The van der Waals surface area contributed by atoms with Gasteiger partial charge in [0.2, 0.25) is 10.0 Å². The first-order valence-corrected chi connectivity index (χ1v) is 9.26. The van der Waals surface area contributed by atoms with Crippen molar-refractivity contribution in [1.82, 2.24) is 9.62 Å². The van der Waals surface area contributed by atoms with Crippen LogP contribution in [0.25, 0.3) is 0 Å². The molecule has 8 heteroatoms. The summed E-state index contributed by atoms with van der Waals surface area (Å²) in [5.41, 5.74) is 8.46. The van der Waals surface area contributed by atoms with Crippen LogP contribution < -0.4 is 11.1 Å². The quantitative estimate of drug-likeness (QED) is 0.758. The van der Waals surface area contributed by atoms with Crippen LogP contribution in [0.5, 0.6) is 0 Å². The Morgan fingerprint density at radius 3 is 2.23 bits per heavy atom. The van der Waals surface area contributed by atoms with Gasteiger partial charge in [-0.25, -0.2) is 12.7 Å². The van der Waals surface area contributed by atoms with Crippen LogP contribution in [0.3, 0.4) is 0 Å². The number of carbonyl (C=O) groups is 1. The second kappa shape index (κ2) is 8.53. The van der Waals surface area contributed by atoms with Gasteiger partial charge < -0.3 is 11.1 Å². The van der Waals surface area contributed by atoms with Crippen molar-refractivity contribution in [2.24, 2.45) is 0 Å². The molecule has 3 N–H and O–H groups in total. The molecular formula is C18H24ClN3O3S. The summed E-state index contributed by atoms with van der Waals surface area (Å²) in [4.78, 5) is 12.7. The fraction of sp³-hybridized carbons (Fsp3) is 0.278. The van der Waals surface area contributed by atoms with Gasteiger partial charge in [0.1, 0.15) is 0 Å². The fourth-order valence-electron chi connectivity index (χ4n) is 2.38. The molecule has 1 amide bonds. The maximum Gasteiger partial charge on any atom is 0.252 e. The lowest BCUT2D eigenvalue weighted by Crippen LogP contribution is -2.27. The van der Waals surface area contributed by atoms with Gasteiger partial charge in [-0.2, -0.15) is 0 Å². The SMILES string of the molecule is Cc1ccc(N)cc1C(=O)NC(C)c1ccc(S(=O)(=O)N(C)C)cc1.Cl. The zero-order valence-electron chi connectivity index (χ0n) is 15.2. The van der Waals surface area contributed by atoms with Crippen molar-refractivity contribution in [2.45, 2.75) is 24.8 Å². The number of halogens is 1. The number of nitrogen functional groups attached to an aromatic ring is 1. The van der Waals surface area contributed by atoms with Gasteiger partial charge in [0.15, 0.2) is 0 Å². The molecule has 0 fully saturated rings. The molecule has 2 rings (SSSR count). The molecule has 1 atom stereocenters. The summed E-state index contributed by atoms with van der Waals surface area (Å²) in [6, 6.07) is 11.4. The molecule has 6 nitrogen and oxygen atoms in total. The number of anilines is 1. The molecule has 2 aromatic carbocycles. The summed E-state index contributed by atoms with van der Waals surface area (Å²) in [6.07, 6.45) is 0. The van der Waals surface area contributed by atoms with E-state index in [0.29, 0.717) is 11.3 Å². The molecule has 0 saturated carbocycles. The molecule has 1 unspecified atom stereocenters. The number of nitrogens with two attached hydrogens (primary N) is 1. The second-order valence-corrected chi connectivity index (χ2v) is 8.28. The number of rotatable bonds is 5. The zero-order chi connectivity index (χ0) is 18.8. The van der Waals surface area contributed by atoms with E-state index < -0.39 is 10.0 Å². The van der Waals surface area contributed by atoms with Crippen molar-refractivity contribution < 1.29 is 13.2 Å². The predicted octanol–water partition coefficient (Wildman–Crippen LogP) is 2.74. The van der Waals surface area contributed by atoms with E-state index in [-0.39, 0.29) is 29.3 Å². The van der Waals surface area contributed by atoms with E-state index in [9.17, 15) is 13.2 Å². The maximum absolute atomic E-state index is 12.4. The number of nitrogens with one attached hydrogen (secondary N) is 1. The number of sulfonamides is 1. The zero-order valence-corrected chi connectivity index (χ0v) is 16.8. The third kappa shape index (κ3) is 4.75. The lowest BCUT2D eigenvalue weighted by Gasteiger charge is -2.17. The minimum atomic E-state index is -3.46. The topological polar surface area (TPSA) is 92.5 Å². The molecule has 0 aliphatic heterocycles. The van der Waals surface area contributed by atoms with Crippen molar-refractivity contribution in [3.05, 3.63) is 59.2 Å². The Balaban J connectivity index is 0.00000338. The van der Waals surface area contributed by atoms with Crippen molar-refractivity contribution >= 4 is 34.0 Å². The Morgan fingerprint density at radius 1 is 1.12 bits per heavy atom. The van der Waals surface area contributed by atoms with E-state index in [4.69, 9.17) is 5.73 Å². The number of benzene rings is 2. The normalized spacial score (nSPS) is 12.3. The van der Waals surface area contributed by atoms with E-state index in [1.165, 1.54) is 14.1 Å². The lowest BCUT2D eigenvalue weighted by molar-refractivity contribution is 0.0939. The summed E-state index contributed by atoms with van der Waals surface area (Å²) in [5, 5.41) is 2.91. The summed E-state index contributed by atoms with van der Waals surface area (Å²) in [7, 11) is -0.491. The van der Waals surface area contributed by atoms with Crippen LogP contribution in [-0.4, -0.2) is 32.7 Å². The first-order valence-electron chi connectivity index (χ1n) is 7.82. The third-order valence-electron chi connectivity index (χ3n) is 4.01. The fourth-order valence-corrected chi connectivity index (χ4v) is 3.28. The van der Waals surface area contributed by atoms with E-state index in [0.717, 1.165) is 15.4 Å². The summed E-state index contributed by atoms with van der Waals surface area (Å²) >= 11 is 0. The predicted molar refractivity (Wildman–Crippen MR) is 106 cm³/mol. The minimum Gasteiger partial charge on any atom is -0.399 e. The van der Waals surface area contributed by atoms with Crippen molar-refractivity contribution in [3.8, 4) is 0 Å². The van der Waals surface area contributed by atoms with Crippen LogP contribution in [0.4, 0.5) is 5.69 Å². The van der Waals surface area contributed by atoms with E-state index in [2.05, 4.69) is 5.32 Å². The van der Waals surface area contributed by atoms with Gasteiger partial charge in [0, 0.05) is 25.3 Å². The molecule has 0 aliphatic rings. The maximum atomic E-state index is 12.4. The van der Waals surface area contributed by atoms with Crippen molar-refractivity contribution in [2.75, 3.05) is 19.8 Å². The average molecular weight is 398 g/mol. The Kier molecular flexibility index (Phi) is 7.20. The van der Waals surface area contributed by atoms with Crippen LogP contribution in [0.2, 0.25) is 0 Å². The second-order valence-electron chi connectivity index (χ2n) is 6.13. The number of hydrogen-bond donors (Lipinski definition) is 2. The number of aryl methyl sites for hydroxylation is 1. The van der Waals surface area contributed by atoms with Crippen molar-refractivity contribution in [1.29, 1.82) is 0 Å². The van der Waals surface area contributed by atoms with Crippen LogP contribution in [0.15, 0.2) is 47.4 Å². The molecule has 0 saturated heterocycles.